The van der Waals surface area contributed by atoms with Crippen molar-refractivity contribution >= 4 is 5.91 Å². The van der Waals surface area contributed by atoms with Crippen molar-refractivity contribution in [3.8, 4) is 5.75 Å². The van der Waals surface area contributed by atoms with Crippen LogP contribution in [0.4, 0.5) is 0 Å². The first kappa shape index (κ1) is 15.8. The third-order valence-corrected chi connectivity index (χ3v) is 3.95. The van der Waals surface area contributed by atoms with Crippen LogP contribution in [0.25, 0.3) is 0 Å². The third kappa shape index (κ3) is 3.94. The number of carbonyl (C=O) groups is 1. The Morgan fingerprint density at radius 3 is 2.95 bits per heavy atom. The van der Waals surface area contributed by atoms with Crippen molar-refractivity contribution in [3.05, 3.63) is 24.0 Å². The molecule has 0 bridgehead atoms. The summed E-state index contributed by atoms with van der Waals surface area (Å²) in [5, 5.41) is 3.50. The zero-order valence-corrected chi connectivity index (χ0v) is 13.1. The van der Waals surface area contributed by atoms with E-state index in [0.717, 1.165) is 19.5 Å². The van der Waals surface area contributed by atoms with E-state index in [2.05, 4.69) is 10.3 Å². The van der Waals surface area contributed by atoms with Gasteiger partial charge in [-0.2, -0.15) is 0 Å². The van der Waals surface area contributed by atoms with Crippen molar-refractivity contribution in [2.75, 3.05) is 20.2 Å². The average Bonchev–Trinajstić information content (AvgIpc) is 2.52. The Hall–Kier alpha value is -1.62. The van der Waals surface area contributed by atoms with Crippen molar-refractivity contribution in [3.63, 3.8) is 0 Å². The van der Waals surface area contributed by atoms with E-state index < -0.39 is 0 Å². The Balaban J connectivity index is 2.14. The molecule has 1 atom stereocenters. The Bertz CT molecular complexity index is 470. The highest BCUT2D eigenvalue weighted by Crippen LogP contribution is 2.20. The van der Waals surface area contributed by atoms with E-state index in [1.807, 2.05) is 18.7 Å². The third-order valence-electron chi connectivity index (χ3n) is 3.95. The summed E-state index contributed by atoms with van der Waals surface area (Å²) >= 11 is 0. The van der Waals surface area contributed by atoms with Gasteiger partial charge in [0, 0.05) is 24.8 Å². The number of nitrogens with one attached hydrogen (secondary N) is 1. The largest absolute Gasteiger partial charge is 0.494 e. The fourth-order valence-electron chi connectivity index (χ4n) is 2.72. The summed E-state index contributed by atoms with van der Waals surface area (Å²) in [7, 11) is 1.57. The summed E-state index contributed by atoms with van der Waals surface area (Å²) in [5.41, 5.74) is 0.581. The monoisotopic (exact) mass is 291 g/mol. The van der Waals surface area contributed by atoms with Gasteiger partial charge in [-0.15, -0.1) is 0 Å². The van der Waals surface area contributed by atoms with Gasteiger partial charge in [-0.05, 0) is 39.3 Å². The molecule has 5 nitrogen and oxygen atoms in total. The number of ether oxygens (including phenoxy) is 1. The predicted octanol–water partition coefficient (Wildman–Crippen LogP) is 2.08. The smallest absolute Gasteiger partial charge is 0.258 e. The molecule has 116 valence electrons. The van der Waals surface area contributed by atoms with Gasteiger partial charge in [0.1, 0.15) is 5.75 Å². The second-order valence-corrected chi connectivity index (χ2v) is 5.77. The first-order valence-corrected chi connectivity index (χ1v) is 7.66. The molecule has 1 saturated heterocycles. The molecule has 1 aromatic heterocycles. The number of nitrogens with zero attached hydrogens (tertiary/aromatic N) is 2. The lowest BCUT2D eigenvalue weighted by Crippen LogP contribution is -2.48. The van der Waals surface area contributed by atoms with E-state index in [1.54, 1.807) is 25.6 Å². The van der Waals surface area contributed by atoms with Gasteiger partial charge in [-0.1, -0.05) is 6.42 Å². The van der Waals surface area contributed by atoms with Gasteiger partial charge in [-0.3, -0.25) is 9.78 Å². The number of aromatic nitrogens is 1. The van der Waals surface area contributed by atoms with Crippen LogP contribution in [-0.4, -0.2) is 48.1 Å². The molecule has 1 aliphatic heterocycles. The van der Waals surface area contributed by atoms with Crippen LogP contribution in [0.5, 0.6) is 5.75 Å². The van der Waals surface area contributed by atoms with E-state index in [1.165, 1.54) is 12.8 Å². The second kappa shape index (κ2) is 7.41. The molecule has 1 aromatic rings. The molecule has 2 rings (SSSR count). The maximum Gasteiger partial charge on any atom is 0.258 e. The standard InChI is InChI=1S/C16H25N3O2/c1-12(2)19(11-13-6-4-5-8-18-13)16(20)14-7-9-17-10-15(14)21-3/h7,9-10,12-13,18H,4-6,8,11H2,1-3H3. The van der Waals surface area contributed by atoms with Crippen molar-refractivity contribution in [1.82, 2.24) is 15.2 Å². The quantitative estimate of drug-likeness (QED) is 0.902. The molecular weight excluding hydrogens is 266 g/mol. The van der Waals surface area contributed by atoms with Crippen LogP contribution in [0.3, 0.4) is 0 Å². The van der Waals surface area contributed by atoms with Gasteiger partial charge in [-0.25, -0.2) is 0 Å². The van der Waals surface area contributed by atoms with Crippen molar-refractivity contribution in [2.24, 2.45) is 0 Å². The van der Waals surface area contributed by atoms with Crippen LogP contribution in [0.15, 0.2) is 18.5 Å². The topological polar surface area (TPSA) is 54.5 Å². The number of carbonyl (C=O) groups excluding carboxylic acids is 1. The number of piperidine rings is 1. The molecule has 5 heteroatoms. The minimum atomic E-state index is 0.0108. The first-order valence-electron chi connectivity index (χ1n) is 7.66. The maximum absolute atomic E-state index is 12.8. The molecule has 2 heterocycles. The number of hydrogen-bond donors (Lipinski definition) is 1. The number of amides is 1. The molecule has 1 aliphatic rings. The summed E-state index contributed by atoms with van der Waals surface area (Å²) in [6.07, 6.45) is 6.81. The summed E-state index contributed by atoms with van der Waals surface area (Å²) in [5.74, 6) is 0.543. The molecule has 0 spiro atoms. The van der Waals surface area contributed by atoms with E-state index in [9.17, 15) is 4.79 Å². The number of pyridine rings is 1. The van der Waals surface area contributed by atoms with Gasteiger partial charge in [0.25, 0.3) is 5.91 Å². The van der Waals surface area contributed by atoms with Gasteiger partial charge in [0.05, 0.1) is 18.9 Å². The summed E-state index contributed by atoms with van der Waals surface area (Å²) in [6, 6.07) is 2.27. The predicted molar refractivity (Wildman–Crippen MR) is 82.6 cm³/mol. The van der Waals surface area contributed by atoms with Gasteiger partial charge < -0.3 is 15.0 Å². The van der Waals surface area contributed by atoms with E-state index in [-0.39, 0.29) is 11.9 Å². The van der Waals surface area contributed by atoms with Crippen molar-refractivity contribution in [2.45, 2.75) is 45.2 Å². The fourth-order valence-corrected chi connectivity index (χ4v) is 2.72. The lowest BCUT2D eigenvalue weighted by Gasteiger charge is -2.33. The highest BCUT2D eigenvalue weighted by Gasteiger charge is 2.25. The van der Waals surface area contributed by atoms with Gasteiger partial charge in [0.15, 0.2) is 0 Å². The number of methoxy groups -OCH3 is 1. The molecule has 1 fully saturated rings. The van der Waals surface area contributed by atoms with Crippen LogP contribution >= 0.6 is 0 Å². The number of rotatable bonds is 5. The molecular formula is C16H25N3O2. The van der Waals surface area contributed by atoms with Crippen molar-refractivity contribution < 1.29 is 9.53 Å². The van der Waals surface area contributed by atoms with Gasteiger partial charge >= 0.3 is 0 Å². The van der Waals surface area contributed by atoms with Crippen LogP contribution < -0.4 is 10.1 Å². The highest BCUT2D eigenvalue weighted by molar-refractivity contribution is 5.97. The first-order chi connectivity index (χ1) is 10.1. The van der Waals surface area contributed by atoms with Crippen LogP contribution in [0.2, 0.25) is 0 Å². The molecule has 0 saturated carbocycles. The lowest BCUT2D eigenvalue weighted by molar-refractivity contribution is 0.0673. The minimum absolute atomic E-state index is 0.0108. The molecule has 0 aliphatic carbocycles. The maximum atomic E-state index is 12.8. The highest BCUT2D eigenvalue weighted by atomic mass is 16.5. The normalized spacial score (nSPS) is 18.6. The fraction of sp³-hybridized carbons (Fsp3) is 0.625. The molecule has 0 radical (unpaired) electrons. The van der Waals surface area contributed by atoms with E-state index in [4.69, 9.17) is 4.74 Å². The van der Waals surface area contributed by atoms with Gasteiger partial charge in [0.2, 0.25) is 0 Å². The SMILES string of the molecule is COc1cnccc1C(=O)N(CC1CCCCN1)C(C)C. The lowest BCUT2D eigenvalue weighted by atomic mass is 10.0. The Kier molecular flexibility index (Phi) is 5.56. The molecule has 1 unspecified atom stereocenters. The molecule has 21 heavy (non-hydrogen) atoms. The molecule has 1 amide bonds. The second-order valence-electron chi connectivity index (χ2n) is 5.77. The zero-order chi connectivity index (χ0) is 15.2. The Labute approximate surface area is 126 Å². The molecule has 0 aromatic carbocycles. The van der Waals surface area contributed by atoms with E-state index in [0.29, 0.717) is 17.4 Å². The Morgan fingerprint density at radius 1 is 1.52 bits per heavy atom. The summed E-state index contributed by atoms with van der Waals surface area (Å²) in [4.78, 5) is 18.8. The van der Waals surface area contributed by atoms with Crippen molar-refractivity contribution in [1.29, 1.82) is 0 Å². The summed E-state index contributed by atoms with van der Waals surface area (Å²) in [6.45, 7) is 5.88. The molecule has 1 N–H and O–H groups in total. The zero-order valence-electron chi connectivity index (χ0n) is 13.1. The average molecular weight is 291 g/mol. The van der Waals surface area contributed by atoms with Crippen LogP contribution in [0, 0.1) is 0 Å². The Morgan fingerprint density at radius 2 is 2.33 bits per heavy atom. The number of hydrogen-bond acceptors (Lipinski definition) is 4. The van der Waals surface area contributed by atoms with Crippen LogP contribution in [0.1, 0.15) is 43.5 Å². The van der Waals surface area contributed by atoms with E-state index >= 15 is 0 Å². The minimum Gasteiger partial charge on any atom is -0.494 e. The summed E-state index contributed by atoms with van der Waals surface area (Å²) < 4.78 is 5.26. The van der Waals surface area contributed by atoms with Crippen LogP contribution in [-0.2, 0) is 0 Å².